The van der Waals surface area contributed by atoms with Crippen LogP contribution >= 0.6 is 22.9 Å². The quantitative estimate of drug-likeness (QED) is 0.642. The van der Waals surface area contributed by atoms with Gasteiger partial charge in [0.2, 0.25) is 0 Å². The molecular weight excluding hydrogens is 164 g/mol. The monoisotopic (exact) mass is 173 g/mol. The van der Waals surface area contributed by atoms with Crippen LogP contribution in [0.3, 0.4) is 0 Å². The Labute approximate surface area is 70.8 Å². The van der Waals surface area contributed by atoms with E-state index < -0.39 is 0 Å². The van der Waals surface area contributed by atoms with E-state index in [4.69, 9.17) is 11.6 Å². The molecule has 1 rings (SSSR count). The molecule has 0 aliphatic heterocycles. The number of thiophene rings is 1. The summed E-state index contributed by atoms with van der Waals surface area (Å²) < 4.78 is 0. The van der Waals surface area contributed by atoms with Crippen molar-refractivity contribution in [3.05, 3.63) is 27.3 Å². The van der Waals surface area contributed by atoms with Crippen molar-refractivity contribution in [1.82, 2.24) is 0 Å². The van der Waals surface area contributed by atoms with E-state index in [-0.39, 0.29) is 0 Å². The van der Waals surface area contributed by atoms with Crippen LogP contribution in [0.1, 0.15) is 18.7 Å². The van der Waals surface area contributed by atoms with E-state index in [1.807, 2.05) is 11.4 Å². The molecule has 0 bridgehead atoms. The summed E-state index contributed by atoms with van der Waals surface area (Å²) in [6, 6.07) is 2.03. The van der Waals surface area contributed by atoms with Crippen LogP contribution in [0.25, 0.3) is 0 Å². The molecule has 0 nitrogen and oxygen atoms in total. The SMILES string of the molecule is C[C](C)Cc1cc(Cl)cs1. The molecule has 1 aromatic heterocycles. The highest BCUT2D eigenvalue weighted by Crippen LogP contribution is 2.21. The van der Waals surface area contributed by atoms with Crippen molar-refractivity contribution in [1.29, 1.82) is 0 Å². The van der Waals surface area contributed by atoms with Crippen molar-refractivity contribution < 1.29 is 0 Å². The maximum atomic E-state index is 5.75. The second kappa shape index (κ2) is 3.40. The molecule has 0 saturated heterocycles. The molecule has 0 aliphatic rings. The van der Waals surface area contributed by atoms with Crippen molar-refractivity contribution in [2.75, 3.05) is 0 Å². The lowest BCUT2D eigenvalue weighted by molar-refractivity contribution is 0.974. The zero-order valence-electron chi connectivity index (χ0n) is 6.15. The Bertz CT molecular complexity index is 203. The zero-order chi connectivity index (χ0) is 7.56. The lowest BCUT2D eigenvalue weighted by Gasteiger charge is -1.97. The Kier molecular flexibility index (Phi) is 2.75. The van der Waals surface area contributed by atoms with Gasteiger partial charge in [-0.25, -0.2) is 0 Å². The van der Waals surface area contributed by atoms with Crippen LogP contribution in [0.4, 0.5) is 0 Å². The van der Waals surface area contributed by atoms with Gasteiger partial charge in [0, 0.05) is 10.3 Å². The summed E-state index contributed by atoms with van der Waals surface area (Å²) in [5.74, 6) is 1.43. The third-order valence-corrected chi connectivity index (χ3v) is 2.43. The fourth-order valence-corrected chi connectivity index (χ4v) is 2.02. The summed E-state index contributed by atoms with van der Waals surface area (Å²) in [6.45, 7) is 4.27. The molecule has 1 radical (unpaired) electrons. The zero-order valence-corrected chi connectivity index (χ0v) is 7.72. The normalized spacial score (nSPS) is 10.8. The summed E-state index contributed by atoms with van der Waals surface area (Å²) in [4.78, 5) is 1.35. The van der Waals surface area contributed by atoms with Gasteiger partial charge in [-0.1, -0.05) is 25.4 Å². The van der Waals surface area contributed by atoms with Gasteiger partial charge in [0.1, 0.15) is 0 Å². The van der Waals surface area contributed by atoms with Crippen molar-refractivity contribution >= 4 is 22.9 Å². The predicted molar refractivity (Wildman–Crippen MR) is 47.6 cm³/mol. The molecule has 0 saturated carbocycles. The second-order valence-electron chi connectivity index (χ2n) is 2.62. The highest BCUT2D eigenvalue weighted by Gasteiger charge is 2.00. The summed E-state index contributed by atoms with van der Waals surface area (Å²) >= 11 is 7.47. The Hall–Kier alpha value is -0.0100. The molecule has 10 heavy (non-hydrogen) atoms. The lowest BCUT2D eigenvalue weighted by Crippen LogP contribution is -1.86. The van der Waals surface area contributed by atoms with Gasteiger partial charge < -0.3 is 0 Å². The molecule has 0 fully saturated rings. The molecule has 0 aromatic carbocycles. The number of hydrogen-bond acceptors (Lipinski definition) is 1. The van der Waals surface area contributed by atoms with E-state index in [1.54, 1.807) is 11.3 Å². The third kappa shape index (κ3) is 2.31. The van der Waals surface area contributed by atoms with Gasteiger partial charge in [-0.2, -0.15) is 0 Å². The van der Waals surface area contributed by atoms with Crippen LogP contribution < -0.4 is 0 Å². The summed E-state index contributed by atoms with van der Waals surface area (Å²) in [6.07, 6.45) is 1.07. The van der Waals surface area contributed by atoms with Crippen LogP contribution in [0.5, 0.6) is 0 Å². The predicted octanol–water partition coefficient (Wildman–Crippen LogP) is 3.56. The Morgan fingerprint density at radius 1 is 1.60 bits per heavy atom. The minimum Gasteiger partial charge on any atom is -0.147 e. The molecular formula is C8H10ClS. The third-order valence-electron chi connectivity index (χ3n) is 1.15. The van der Waals surface area contributed by atoms with E-state index in [9.17, 15) is 0 Å². The van der Waals surface area contributed by atoms with Crippen LogP contribution in [0.15, 0.2) is 11.4 Å². The first-order valence-corrected chi connectivity index (χ1v) is 4.46. The Morgan fingerprint density at radius 2 is 2.30 bits per heavy atom. The second-order valence-corrected chi connectivity index (χ2v) is 4.05. The molecule has 0 spiro atoms. The summed E-state index contributed by atoms with van der Waals surface area (Å²) in [7, 11) is 0. The molecule has 0 atom stereocenters. The van der Waals surface area contributed by atoms with Crippen molar-refractivity contribution in [3.8, 4) is 0 Å². The minimum absolute atomic E-state index is 0.862. The molecule has 1 aromatic rings. The fourth-order valence-electron chi connectivity index (χ4n) is 0.795. The van der Waals surface area contributed by atoms with Crippen molar-refractivity contribution in [3.63, 3.8) is 0 Å². The average Bonchev–Trinajstić information content (AvgIpc) is 2.13. The highest BCUT2D eigenvalue weighted by molar-refractivity contribution is 7.10. The number of rotatable bonds is 2. The summed E-state index contributed by atoms with van der Waals surface area (Å²) in [5.41, 5.74) is 0. The first-order chi connectivity index (χ1) is 4.68. The number of halogens is 1. The van der Waals surface area contributed by atoms with Crippen LogP contribution in [0.2, 0.25) is 5.02 Å². The van der Waals surface area contributed by atoms with Crippen LogP contribution in [0, 0.1) is 5.92 Å². The van der Waals surface area contributed by atoms with E-state index in [0.29, 0.717) is 0 Å². The average molecular weight is 174 g/mol. The number of hydrogen-bond donors (Lipinski definition) is 0. The van der Waals surface area contributed by atoms with Crippen LogP contribution in [-0.4, -0.2) is 0 Å². The summed E-state index contributed by atoms with van der Waals surface area (Å²) in [5, 5.41) is 2.83. The molecule has 55 valence electrons. The first kappa shape index (κ1) is 8.09. The maximum absolute atomic E-state index is 5.75. The molecule has 1 heterocycles. The Morgan fingerprint density at radius 3 is 2.70 bits per heavy atom. The van der Waals surface area contributed by atoms with Crippen molar-refractivity contribution in [2.45, 2.75) is 20.3 Å². The van der Waals surface area contributed by atoms with Crippen LogP contribution in [-0.2, 0) is 6.42 Å². The Balaban J connectivity index is 2.58. The van der Waals surface area contributed by atoms with Gasteiger partial charge >= 0.3 is 0 Å². The topological polar surface area (TPSA) is 0 Å². The molecule has 2 heteroatoms. The molecule has 0 unspecified atom stereocenters. The first-order valence-electron chi connectivity index (χ1n) is 3.20. The van der Waals surface area contributed by atoms with Gasteiger partial charge in [0.15, 0.2) is 0 Å². The van der Waals surface area contributed by atoms with Gasteiger partial charge in [-0.15, -0.1) is 11.3 Å². The van der Waals surface area contributed by atoms with Gasteiger partial charge in [-0.3, -0.25) is 0 Å². The van der Waals surface area contributed by atoms with Crippen molar-refractivity contribution in [2.24, 2.45) is 0 Å². The van der Waals surface area contributed by atoms with Gasteiger partial charge in [0.05, 0.1) is 5.02 Å². The highest BCUT2D eigenvalue weighted by atomic mass is 35.5. The lowest BCUT2D eigenvalue weighted by atomic mass is 10.1. The van der Waals surface area contributed by atoms with Gasteiger partial charge in [0.25, 0.3) is 0 Å². The van der Waals surface area contributed by atoms with E-state index in [0.717, 1.165) is 11.4 Å². The smallest absolute Gasteiger partial charge is 0.0515 e. The minimum atomic E-state index is 0.862. The van der Waals surface area contributed by atoms with E-state index >= 15 is 0 Å². The standard InChI is InChI=1S/C8H10ClS/c1-6(2)3-8-4-7(9)5-10-8/h4-5H,3H2,1-2H3. The largest absolute Gasteiger partial charge is 0.147 e. The molecule has 0 N–H and O–H groups in total. The van der Waals surface area contributed by atoms with Gasteiger partial charge in [-0.05, 0) is 18.4 Å². The molecule has 0 aliphatic carbocycles. The van der Waals surface area contributed by atoms with E-state index in [1.165, 1.54) is 10.8 Å². The fraction of sp³-hybridized carbons (Fsp3) is 0.375. The van der Waals surface area contributed by atoms with E-state index in [2.05, 4.69) is 13.8 Å². The molecule has 0 amide bonds. The maximum Gasteiger partial charge on any atom is 0.0515 e.